The lowest BCUT2D eigenvalue weighted by Gasteiger charge is -2.39. The highest BCUT2D eigenvalue weighted by molar-refractivity contribution is 5.86. The van der Waals surface area contributed by atoms with Gasteiger partial charge in [0.15, 0.2) is 0 Å². The number of anilines is 1. The van der Waals surface area contributed by atoms with Gasteiger partial charge in [-0.3, -0.25) is 4.79 Å². The second-order valence-corrected chi connectivity index (χ2v) is 7.41. The number of carbonyl (C=O) groups is 1. The summed E-state index contributed by atoms with van der Waals surface area (Å²) in [5.41, 5.74) is 2.32. The Bertz CT molecular complexity index is 518. The minimum atomic E-state index is -0.0350. The van der Waals surface area contributed by atoms with Crippen LogP contribution in [0.15, 0.2) is 24.3 Å². The number of benzene rings is 1. The van der Waals surface area contributed by atoms with Crippen LogP contribution < -0.4 is 5.32 Å². The van der Waals surface area contributed by atoms with Crippen molar-refractivity contribution < 1.29 is 4.79 Å². The van der Waals surface area contributed by atoms with Crippen LogP contribution in [-0.2, 0) is 4.79 Å². The molecule has 2 rings (SSSR count). The molecular formula is C18H28N2O. The summed E-state index contributed by atoms with van der Waals surface area (Å²) in [4.78, 5) is 14.9. The van der Waals surface area contributed by atoms with E-state index in [9.17, 15) is 4.79 Å². The Labute approximate surface area is 128 Å². The van der Waals surface area contributed by atoms with Gasteiger partial charge in [0.2, 0.25) is 5.91 Å². The Morgan fingerprint density at radius 3 is 2.57 bits per heavy atom. The van der Waals surface area contributed by atoms with E-state index in [4.69, 9.17) is 0 Å². The van der Waals surface area contributed by atoms with E-state index in [0.29, 0.717) is 6.04 Å². The van der Waals surface area contributed by atoms with Gasteiger partial charge in [-0.2, -0.15) is 0 Å². The predicted molar refractivity (Wildman–Crippen MR) is 88.6 cm³/mol. The Balaban J connectivity index is 2.27. The summed E-state index contributed by atoms with van der Waals surface area (Å²) < 4.78 is 0. The van der Waals surface area contributed by atoms with Gasteiger partial charge in [0.1, 0.15) is 0 Å². The number of likely N-dealkylation sites (N-methyl/N-ethyl adjacent to an activating group) is 1. The molecule has 3 atom stereocenters. The van der Waals surface area contributed by atoms with Crippen molar-refractivity contribution in [3.05, 3.63) is 29.8 Å². The van der Waals surface area contributed by atoms with Crippen molar-refractivity contribution in [2.75, 3.05) is 12.4 Å². The van der Waals surface area contributed by atoms with E-state index in [1.165, 1.54) is 0 Å². The lowest BCUT2D eigenvalue weighted by molar-refractivity contribution is -0.135. The maximum atomic E-state index is 13.0. The molecule has 0 fully saturated rings. The van der Waals surface area contributed by atoms with E-state index in [1.807, 2.05) is 24.1 Å². The van der Waals surface area contributed by atoms with Crippen molar-refractivity contribution in [1.29, 1.82) is 0 Å². The number of carbonyl (C=O) groups excluding carboxylic acids is 1. The summed E-state index contributed by atoms with van der Waals surface area (Å²) >= 11 is 0. The van der Waals surface area contributed by atoms with Gasteiger partial charge in [-0.1, -0.05) is 39.0 Å². The molecule has 1 amide bonds. The first-order chi connectivity index (χ1) is 9.71. The largest absolute Gasteiger partial charge is 0.382 e. The quantitative estimate of drug-likeness (QED) is 0.896. The van der Waals surface area contributed by atoms with Gasteiger partial charge < -0.3 is 10.2 Å². The van der Waals surface area contributed by atoms with Crippen molar-refractivity contribution in [3.63, 3.8) is 0 Å². The molecule has 21 heavy (non-hydrogen) atoms. The molecule has 1 aliphatic rings. The van der Waals surface area contributed by atoms with Crippen LogP contribution in [0.5, 0.6) is 0 Å². The molecule has 1 N–H and O–H groups in total. The van der Waals surface area contributed by atoms with Crippen LogP contribution in [0.3, 0.4) is 0 Å². The first kappa shape index (κ1) is 15.9. The van der Waals surface area contributed by atoms with Crippen molar-refractivity contribution in [2.24, 2.45) is 5.41 Å². The summed E-state index contributed by atoms with van der Waals surface area (Å²) in [7, 11) is 1.94. The SMILES string of the molecule is CC1CC(C(=O)N(C)C(C)C(C)(C)C)c2ccccc2N1. The van der Waals surface area contributed by atoms with E-state index >= 15 is 0 Å². The van der Waals surface area contributed by atoms with Gasteiger partial charge in [-0.05, 0) is 37.3 Å². The first-order valence-electron chi connectivity index (χ1n) is 7.84. The van der Waals surface area contributed by atoms with Gasteiger partial charge in [0, 0.05) is 24.8 Å². The third-order valence-corrected chi connectivity index (χ3v) is 4.81. The van der Waals surface area contributed by atoms with Crippen LogP contribution in [0.4, 0.5) is 5.69 Å². The van der Waals surface area contributed by atoms with Gasteiger partial charge in [-0.15, -0.1) is 0 Å². The van der Waals surface area contributed by atoms with Crippen molar-refractivity contribution in [2.45, 2.75) is 59.0 Å². The molecule has 3 heteroatoms. The van der Waals surface area contributed by atoms with Crippen LogP contribution in [0.2, 0.25) is 0 Å². The molecule has 3 unspecified atom stereocenters. The zero-order chi connectivity index (χ0) is 15.8. The Morgan fingerprint density at radius 2 is 1.95 bits per heavy atom. The topological polar surface area (TPSA) is 32.3 Å². The van der Waals surface area contributed by atoms with Gasteiger partial charge in [-0.25, -0.2) is 0 Å². The molecule has 1 heterocycles. The molecule has 1 aromatic rings. The number of fused-ring (bicyclic) bond motifs is 1. The number of nitrogens with one attached hydrogen (secondary N) is 1. The van der Waals surface area contributed by atoms with Crippen LogP contribution >= 0.6 is 0 Å². The van der Waals surface area contributed by atoms with Crippen LogP contribution in [-0.4, -0.2) is 29.9 Å². The van der Waals surface area contributed by atoms with E-state index < -0.39 is 0 Å². The molecule has 1 aromatic carbocycles. The number of rotatable bonds is 2. The second kappa shape index (κ2) is 5.70. The fourth-order valence-corrected chi connectivity index (χ4v) is 2.99. The van der Waals surface area contributed by atoms with E-state index in [1.54, 1.807) is 0 Å². The fraction of sp³-hybridized carbons (Fsp3) is 0.611. The smallest absolute Gasteiger partial charge is 0.230 e. The zero-order valence-electron chi connectivity index (χ0n) is 14.1. The van der Waals surface area contributed by atoms with E-state index in [-0.39, 0.29) is 23.3 Å². The third kappa shape index (κ3) is 3.22. The normalized spacial score (nSPS) is 23.0. The standard InChI is InChI=1S/C18H28N2O/c1-12-11-15(14-9-7-8-10-16(14)19-12)17(21)20(6)13(2)18(3,4)5/h7-10,12-13,15,19H,11H2,1-6H3. The Morgan fingerprint density at radius 1 is 1.33 bits per heavy atom. The first-order valence-corrected chi connectivity index (χ1v) is 7.84. The lowest BCUT2D eigenvalue weighted by atomic mass is 9.83. The number of para-hydroxylation sites is 1. The number of amides is 1. The van der Waals surface area contributed by atoms with E-state index in [2.05, 4.69) is 52.1 Å². The Hall–Kier alpha value is -1.51. The summed E-state index contributed by atoms with van der Waals surface area (Å²) in [6.45, 7) is 10.8. The minimum absolute atomic E-state index is 0.0350. The summed E-state index contributed by atoms with van der Waals surface area (Å²) in [6, 6.07) is 8.72. The highest BCUT2D eigenvalue weighted by atomic mass is 16.2. The van der Waals surface area contributed by atoms with Gasteiger partial charge >= 0.3 is 0 Å². The van der Waals surface area contributed by atoms with E-state index in [0.717, 1.165) is 17.7 Å². The number of hydrogen-bond acceptors (Lipinski definition) is 2. The van der Waals surface area contributed by atoms with Crippen molar-refractivity contribution in [1.82, 2.24) is 4.90 Å². The van der Waals surface area contributed by atoms with Crippen molar-refractivity contribution in [3.8, 4) is 0 Å². The molecule has 116 valence electrons. The molecule has 0 aliphatic carbocycles. The van der Waals surface area contributed by atoms with Crippen LogP contribution in [0.25, 0.3) is 0 Å². The summed E-state index contributed by atoms with van der Waals surface area (Å²) in [5.74, 6) is 0.200. The maximum Gasteiger partial charge on any atom is 0.230 e. The lowest BCUT2D eigenvalue weighted by Crippen LogP contribution is -2.46. The molecule has 1 aliphatic heterocycles. The molecule has 3 nitrogen and oxygen atoms in total. The van der Waals surface area contributed by atoms with Gasteiger partial charge in [0.05, 0.1) is 5.92 Å². The molecule has 0 spiro atoms. The molecule has 0 saturated heterocycles. The molecule has 0 aromatic heterocycles. The third-order valence-electron chi connectivity index (χ3n) is 4.81. The highest BCUT2D eigenvalue weighted by Gasteiger charge is 2.35. The summed E-state index contributed by atoms with van der Waals surface area (Å²) in [6.07, 6.45) is 0.858. The minimum Gasteiger partial charge on any atom is -0.382 e. The Kier molecular flexibility index (Phi) is 4.31. The van der Waals surface area contributed by atoms with Crippen LogP contribution in [0.1, 0.15) is 52.5 Å². The molecule has 0 bridgehead atoms. The number of nitrogens with zero attached hydrogens (tertiary/aromatic N) is 1. The van der Waals surface area contributed by atoms with Gasteiger partial charge in [0.25, 0.3) is 0 Å². The zero-order valence-corrected chi connectivity index (χ0v) is 14.1. The predicted octanol–water partition coefficient (Wildman–Crippen LogP) is 3.87. The summed E-state index contributed by atoms with van der Waals surface area (Å²) in [5, 5.41) is 3.47. The molecule has 0 saturated carbocycles. The fourth-order valence-electron chi connectivity index (χ4n) is 2.99. The number of hydrogen-bond donors (Lipinski definition) is 1. The average molecular weight is 288 g/mol. The van der Waals surface area contributed by atoms with Crippen molar-refractivity contribution >= 4 is 11.6 Å². The highest BCUT2D eigenvalue weighted by Crippen LogP contribution is 2.36. The molecule has 0 radical (unpaired) electrons. The average Bonchev–Trinajstić information content (AvgIpc) is 2.43. The monoisotopic (exact) mass is 288 g/mol. The molecular weight excluding hydrogens is 260 g/mol. The van der Waals surface area contributed by atoms with Crippen LogP contribution in [0, 0.1) is 5.41 Å². The second-order valence-electron chi connectivity index (χ2n) is 7.41. The maximum absolute atomic E-state index is 13.0.